The van der Waals surface area contributed by atoms with Crippen LogP contribution in [0.3, 0.4) is 0 Å². The van der Waals surface area contributed by atoms with E-state index in [-0.39, 0.29) is 25.3 Å². The van der Waals surface area contributed by atoms with Gasteiger partial charge >= 0.3 is 0 Å². The van der Waals surface area contributed by atoms with E-state index in [0.717, 1.165) is 13.0 Å². The number of hydrogen-bond donors (Lipinski definition) is 4. The summed E-state index contributed by atoms with van der Waals surface area (Å²) in [6.45, 7) is 2.84. The lowest BCUT2D eigenvalue weighted by Gasteiger charge is -2.18. The monoisotopic (exact) mass is 162 g/mol. The molecule has 0 heterocycles. The van der Waals surface area contributed by atoms with Crippen molar-refractivity contribution in [2.75, 3.05) is 19.8 Å². The van der Waals surface area contributed by atoms with Crippen molar-refractivity contribution in [3.8, 4) is 0 Å². The van der Waals surface area contributed by atoms with E-state index in [4.69, 9.17) is 15.9 Å². The Kier molecular flexibility index (Phi) is 6.45. The molecule has 0 aliphatic carbocycles. The van der Waals surface area contributed by atoms with Crippen LogP contribution in [0.1, 0.15) is 13.3 Å². The van der Waals surface area contributed by atoms with Gasteiger partial charge in [-0.1, -0.05) is 0 Å². The van der Waals surface area contributed by atoms with Gasteiger partial charge in [-0.3, -0.25) is 0 Å². The number of rotatable bonds is 6. The van der Waals surface area contributed by atoms with Gasteiger partial charge in [0.25, 0.3) is 0 Å². The largest absolute Gasteiger partial charge is 0.396 e. The van der Waals surface area contributed by atoms with Crippen LogP contribution in [0.15, 0.2) is 0 Å². The first kappa shape index (κ1) is 10.8. The molecule has 4 nitrogen and oxygen atoms in total. The SMILES string of the molecule is CC(NCCCO)C(N)CO. The van der Waals surface area contributed by atoms with Crippen molar-refractivity contribution in [1.29, 1.82) is 0 Å². The second-order valence-corrected chi connectivity index (χ2v) is 2.67. The highest BCUT2D eigenvalue weighted by Gasteiger charge is 2.09. The quantitative estimate of drug-likeness (QED) is 0.365. The Morgan fingerprint density at radius 2 is 2.09 bits per heavy atom. The number of nitrogens with two attached hydrogens (primary N) is 1. The Labute approximate surface area is 67.4 Å². The molecule has 2 atom stereocenters. The van der Waals surface area contributed by atoms with E-state index >= 15 is 0 Å². The van der Waals surface area contributed by atoms with Crippen LogP contribution in [0.5, 0.6) is 0 Å². The van der Waals surface area contributed by atoms with E-state index < -0.39 is 0 Å². The third kappa shape index (κ3) is 5.15. The van der Waals surface area contributed by atoms with Crippen LogP contribution in [0, 0.1) is 0 Å². The summed E-state index contributed by atoms with van der Waals surface area (Å²) in [7, 11) is 0. The molecule has 5 N–H and O–H groups in total. The van der Waals surface area contributed by atoms with Crippen molar-refractivity contribution in [2.24, 2.45) is 5.73 Å². The van der Waals surface area contributed by atoms with Gasteiger partial charge in [-0.15, -0.1) is 0 Å². The van der Waals surface area contributed by atoms with Crippen molar-refractivity contribution in [1.82, 2.24) is 5.32 Å². The Hall–Kier alpha value is -0.160. The maximum absolute atomic E-state index is 8.65. The molecule has 0 saturated carbocycles. The van der Waals surface area contributed by atoms with E-state index in [1.807, 2.05) is 6.92 Å². The van der Waals surface area contributed by atoms with Crippen molar-refractivity contribution in [2.45, 2.75) is 25.4 Å². The summed E-state index contributed by atoms with van der Waals surface area (Å²) in [5, 5.41) is 20.2. The van der Waals surface area contributed by atoms with Crippen molar-refractivity contribution < 1.29 is 10.2 Å². The van der Waals surface area contributed by atoms with E-state index in [2.05, 4.69) is 5.32 Å². The summed E-state index contributed by atoms with van der Waals surface area (Å²) in [5.41, 5.74) is 5.52. The minimum Gasteiger partial charge on any atom is -0.396 e. The smallest absolute Gasteiger partial charge is 0.0597 e. The van der Waals surface area contributed by atoms with E-state index in [0.29, 0.717) is 0 Å². The Bertz CT molecular complexity index is 90.5. The molecule has 0 aromatic heterocycles. The fourth-order valence-corrected chi connectivity index (χ4v) is 0.718. The summed E-state index contributed by atoms with van der Waals surface area (Å²) < 4.78 is 0. The zero-order chi connectivity index (χ0) is 8.69. The van der Waals surface area contributed by atoms with Gasteiger partial charge < -0.3 is 21.3 Å². The van der Waals surface area contributed by atoms with E-state index in [1.165, 1.54) is 0 Å². The van der Waals surface area contributed by atoms with Gasteiger partial charge in [0.1, 0.15) is 0 Å². The summed E-state index contributed by atoms with van der Waals surface area (Å²) >= 11 is 0. The highest BCUT2D eigenvalue weighted by Crippen LogP contribution is 1.87. The molecular formula is C7H18N2O2. The van der Waals surface area contributed by atoms with Crippen LogP contribution in [-0.2, 0) is 0 Å². The molecule has 0 bridgehead atoms. The molecule has 0 spiro atoms. The first-order chi connectivity index (χ1) is 5.22. The maximum Gasteiger partial charge on any atom is 0.0597 e. The van der Waals surface area contributed by atoms with E-state index in [9.17, 15) is 0 Å². The first-order valence-corrected chi connectivity index (χ1v) is 3.93. The summed E-state index contributed by atoms with van der Waals surface area (Å²) in [6, 6.07) is -0.111. The molecular weight excluding hydrogens is 144 g/mol. The van der Waals surface area contributed by atoms with Gasteiger partial charge in [0, 0.05) is 18.7 Å². The van der Waals surface area contributed by atoms with Crippen LogP contribution >= 0.6 is 0 Å². The highest BCUT2D eigenvalue weighted by atomic mass is 16.3. The molecule has 4 heteroatoms. The first-order valence-electron chi connectivity index (χ1n) is 3.93. The third-order valence-corrected chi connectivity index (χ3v) is 1.65. The Morgan fingerprint density at radius 3 is 2.55 bits per heavy atom. The Balaban J connectivity index is 3.28. The van der Waals surface area contributed by atoms with Crippen molar-refractivity contribution >= 4 is 0 Å². The zero-order valence-corrected chi connectivity index (χ0v) is 6.95. The van der Waals surface area contributed by atoms with Gasteiger partial charge in [0.05, 0.1) is 6.61 Å². The molecule has 0 rings (SSSR count). The topological polar surface area (TPSA) is 78.5 Å². The fraction of sp³-hybridized carbons (Fsp3) is 1.00. The van der Waals surface area contributed by atoms with Crippen molar-refractivity contribution in [3.05, 3.63) is 0 Å². The average Bonchev–Trinajstić information content (AvgIpc) is 2.03. The van der Waals surface area contributed by atoms with Crippen LogP contribution in [0.4, 0.5) is 0 Å². The number of hydrogen-bond acceptors (Lipinski definition) is 4. The standard InChI is InChI=1S/C7H18N2O2/c1-6(7(8)5-11)9-3-2-4-10/h6-7,9-11H,2-5,8H2,1H3. The average molecular weight is 162 g/mol. The van der Waals surface area contributed by atoms with Gasteiger partial charge in [0.2, 0.25) is 0 Å². The van der Waals surface area contributed by atoms with Crippen LogP contribution in [-0.4, -0.2) is 42.1 Å². The molecule has 0 aliphatic rings. The molecule has 11 heavy (non-hydrogen) atoms. The Morgan fingerprint density at radius 1 is 1.45 bits per heavy atom. The van der Waals surface area contributed by atoms with Crippen LogP contribution < -0.4 is 11.1 Å². The number of aliphatic hydroxyl groups excluding tert-OH is 2. The summed E-state index contributed by atoms with van der Waals surface area (Å²) in [5.74, 6) is 0. The molecule has 0 fully saturated rings. The molecule has 0 aromatic carbocycles. The third-order valence-electron chi connectivity index (χ3n) is 1.65. The van der Waals surface area contributed by atoms with Gasteiger partial charge in [-0.05, 0) is 19.9 Å². The van der Waals surface area contributed by atoms with Gasteiger partial charge in [0.15, 0.2) is 0 Å². The lowest BCUT2D eigenvalue weighted by atomic mass is 10.1. The van der Waals surface area contributed by atoms with Crippen LogP contribution in [0.2, 0.25) is 0 Å². The second kappa shape index (κ2) is 6.54. The molecule has 68 valence electrons. The second-order valence-electron chi connectivity index (χ2n) is 2.67. The van der Waals surface area contributed by atoms with Gasteiger partial charge in [-0.25, -0.2) is 0 Å². The van der Waals surface area contributed by atoms with Crippen LogP contribution in [0.25, 0.3) is 0 Å². The molecule has 0 saturated heterocycles. The molecule has 0 radical (unpaired) electrons. The summed E-state index contributed by atoms with van der Waals surface area (Å²) in [4.78, 5) is 0. The van der Waals surface area contributed by atoms with Gasteiger partial charge in [-0.2, -0.15) is 0 Å². The number of nitrogens with one attached hydrogen (secondary N) is 1. The minimum atomic E-state index is -0.214. The van der Waals surface area contributed by atoms with E-state index in [1.54, 1.807) is 0 Å². The zero-order valence-electron chi connectivity index (χ0n) is 6.95. The number of aliphatic hydroxyl groups is 2. The minimum absolute atomic E-state index is 0.00666. The fourth-order valence-electron chi connectivity index (χ4n) is 0.718. The normalized spacial score (nSPS) is 16.4. The molecule has 2 unspecified atom stereocenters. The van der Waals surface area contributed by atoms with Crippen molar-refractivity contribution in [3.63, 3.8) is 0 Å². The lowest BCUT2D eigenvalue weighted by molar-refractivity contribution is 0.236. The highest BCUT2D eigenvalue weighted by molar-refractivity contribution is 4.73. The maximum atomic E-state index is 8.65. The lowest BCUT2D eigenvalue weighted by Crippen LogP contribution is -2.45. The molecule has 0 aliphatic heterocycles. The predicted octanol–water partition coefficient (Wildman–Crippen LogP) is -1.33. The molecule has 0 aromatic rings. The predicted molar refractivity (Wildman–Crippen MR) is 44.2 cm³/mol. The summed E-state index contributed by atoms with van der Waals surface area (Å²) in [6.07, 6.45) is 0.725. The molecule has 0 amide bonds.